The third kappa shape index (κ3) is 0.916. The fourth-order valence-corrected chi connectivity index (χ4v) is 1.72. The molecule has 2 rings (SSSR count). The van der Waals surface area contributed by atoms with Crippen LogP contribution < -0.4 is 5.73 Å². The first-order chi connectivity index (χ1) is 5.70. The van der Waals surface area contributed by atoms with Gasteiger partial charge < -0.3 is 10.5 Å². The summed E-state index contributed by atoms with van der Waals surface area (Å²) < 4.78 is 5.38. The van der Waals surface area contributed by atoms with Gasteiger partial charge in [-0.25, -0.2) is 0 Å². The molecule has 0 saturated carbocycles. The average Bonchev–Trinajstić information content (AvgIpc) is 2.48. The third-order valence-electron chi connectivity index (χ3n) is 2.59. The van der Waals surface area contributed by atoms with Gasteiger partial charge in [0.05, 0.1) is 13.2 Å². The Hall–Kier alpha value is -1.02. The van der Waals surface area contributed by atoms with Crippen molar-refractivity contribution in [2.45, 2.75) is 27.1 Å². The van der Waals surface area contributed by atoms with Crippen molar-refractivity contribution in [2.75, 3.05) is 5.73 Å². The minimum absolute atomic E-state index is 0.729. The van der Waals surface area contributed by atoms with Crippen molar-refractivity contribution in [1.82, 2.24) is 0 Å². The van der Waals surface area contributed by atoms with Crippen LogP contribution >= 0.6 is 0 Å². The normalized spacial score (nSPS) is 14.8. The lowest BCUT2D eigenvalue weighted by Gasteiger charge is -2.08. The van der Waals surface area contributed by atoms with Gasteiger partial charge >= 0.3 is 0 Å². The smallest absolute Gasteiger partial charge is 0.0728 e. The van der Waals surface area contributed by atoms with Gasteiger partial charge in [0.15, 0.2) is 0 Å². The molecule has 0 spiro atoms. The Kier molecular flexibility index (Phi) is 1.58. The molecule has 0 amide bonds. The average molecular weight is 163 g/mol. The number of fused-ring (bicyclic) bond motifs is 1. The zero-order valence-corrected chi connectivity index (χ0v) is 7.48. The minimum atomic E-state index is 0.729. The van der Waals surface area contributed by atoms with E-state index in [1.54, 1.807) is 0 Å². The molecule has 1 heterocycles. The van der Waals surface area contributed by atoms with Crippen molar-refractivity contribution in [2.24, 2.45) is 0 Å². The van der Waals surface area contributed by atoms with Crippen LogP contribution in [0.3, 0.4) is 0 Å². The topological polar surface area (TPSA) is 35.2 Å². The second kappa shape index (κ2) is 2.49. The van der Waals surface area contributed by atoms with Crippen LogP contribution in [-0.2, 0) is 18.0 Å². The van der Waals surface area contributed by atoms with E-state index in [2.05, 4.69) is 13.8 Å². The molecule has 0 atom stereocenters. The van der Waals surface area contributed by atoms with Crippen molar-refractivity contribution in [3.63, 3.8) is 0 Å². The highest BCUT2D eigenvalue weighted by molar-refractivity contribution is 5.56. The Bertz CT molecular complexity index is 331. The molecule has 2 nitrogen and oxygen atoms in total. The molecule has 0 aromatic heterocycles. The molecule has 0 radical (unpaired) electrons. The Morgan fingerprint density at radius 3 is 2.67 bits per heavy atom. The Labute approximate surface area is 72.3 Å². The molecule has 1 aromatic rings. The molecular weight excluding hydrogens is 150 g/mol. The number of nitrogen functional groups attached to an aromatic ring is 1. The molecule has 0 unspecified atom stereocenters. The summed E-state index contributed by atoms with van der Waals surface area (Å²) in [6, 6.07) is 2.03. The predicted octanol–water partition coefficient (Wildman–Crippen LogP) is 1.92. The second-order valence-electron chi connectivity index (χ2n) is 3.36. The van der Waals surface area contributed by atoms with Gasteiger partial charge in [-0.2, -0.15) is 0 Å². The quantitative estimate of drug-likeness (QED) is 0.593. The third-order valence-corrected chi connectivity index (χ3v) is 2.59. The molecular formula is C10H13NO. The highest BCUT2D eigenvalue weighted by Crippen LogP contribution is 2.29. The highest BCUT2D eigenvalue weighted by Gasteiger charge is 2.17. The van der Waals surface area contributed by atoms with E-state index in [1.807, 2.05) is 6.07 Å². The summed E-state index contributed by atoms with van der Waals surface area (Å²) >= 11 is 0. The van der Waals surface area contributed by atoms with Gasteiger partial charge in [0.25, 0.3) is 0 Å². The van der Waals surface area contributed by atoms with Gasteiger partial charge in [0, 0.05) is 5.69 Å². The first-order valence-corrected chi connectivity index (χ1v) is 4.15. The predicted molar refractivity (Wildman–Crippen MR) is 48.8 cm³/mol. The molecule has 64 valence electrons. The van der Waals surface area contributed by atoms with E-state index in [-0.39, 0.29) is 0 Å². The molecule has 2 N–H and O–H groups in total. The molecule has 12 heavy (non-hydrogen) atoms. The van der Waals surface area contributed by atoms with Crippen LogP contribution in [0.5, 0.6) is 0 Å². The number of rotatable bonds is 0. The Morgan fingerprint density at radius 1 is 1.25 bits per heavy atom. The van der Waals surface area contributed by atoms with Gasteiger partial charge in [-0.15, -0.1) is 0 Å². The number of benzene rings is 1. The second-order valence-corrected chi connectivity index (χ2v) is 3.36. The standard InChI is InChI=1S/C10H13NO/c1-6-3-10(11)7(2)9-5-12-4-8(6)9/h3H,4-5,11H2,1-2H3. The number of hydrogen-bond donors (Lipinski definition) is 1. The maximum atomic E-state index is 5.84. The zero-order valence-electron chi connectivity index (χ0n) is 7.48. The number of hydrogen-bond acceptors (Lipinski definition) is 2. The number of anilines is 1. The first-order valence-electron chi connectivity index (χ1n) is 4.15. The van der Waals surface area contributed by atoms with Gasteiger partial charge in [-0.1, -0.05) is 0 Å². The maximum absolute atomic E-state index is 5.84. The van der Waals surface area contributed by atoms with Crippen molar-refractivity contribution < 1.29 is 4.74 Å². The van der Waals surface area contributed by atoms with E-state index in [1.165, 1.54) is 22.3 Å². The van der Waals surface area contributed by atoms with Gasteiger partial charge in [-0.3, -0.25) is 0 Å². The van der Waals surface area contributed by atoms with Crippen LogP contribution in [0.15, 0.2) is 6.07 Å². The summed E-state index contributed by atoms with van der Waals surface area (Å²) in [5, 5.41) is 0. The van der Waals surface area contributed by atoms with E-state index >= 15 is 0 Å². The molecule has 1 aliphatic heterocycles. The summed E-state index contributed by atoms with van der Waals surface area (Å²) in [6.07, 6.45) is 0. The number of ether oxygens (including phenoxy) is 1. The van der Waals surface area contributed by atoms with Crippen LogP contribution in [-0.4, -0.2) is 0 Å². The van der Waals surface area contributed by atoms with Gasteiger partial charge in [-0.05, 0) is 42.2 Å². The van der Waals surface area contributed by atoms with Crippen molar-refractivity contribution >= 4 is 5.69 Å². The first kappa shape index (κ1) is 7.62. The monoisotopic (exact) mass is 163 g/mol. The summed E-state index contributed by atoms with van der Waals surface area (Å²) in [6.45, 7) is 5.63. The minimum Gasteiger partial charge on any atom is -0.398 e. The molecule has 2 heteroatoms. The van der Waals surface area contributed by atoms with Crippen LogP contribution in [0.25, 0.3) is 0 Å². The summed E-state index contributed by atoms with van der Waals surface area (Å²) in [7, 11) is 0. The molecule has 1 aliphatic rings. The van der Waals surface area contributed by atoms with E-state index in [9.17, 15) is 0 Å². The largest absolute Gasteiger partial charge is 0.398 e. The van der Waals surface area contributed by atoms with Crippen molar-refractivity contribution in [3.8, 4) is 0 Å². The molecule has 0 fully saturated rings. The molecule has 0 aliphatic carbocycles. The molecule has 0 saturated heterocycles. The Morgan fingerprint density at radius 2 is 1.92 bits per heavy atom. The summed E-state index contributed by atoms with van der Waals surface area (Å²) in [5.41, 5.74) is 11.8. The van der Waals surface area contributed by atoms with Crippen LogP contribution in [0.4, 0.5) is 5.69 Å². The highest BCUT2D eigenvalue weighted by atomic mass is 16.5. The van der Waals surface area contributed by atoms with Crippen LogP contribution in [0.1, 0.15) is 22.3 Å². The van der Waals surface area contributed by atoms with Gasteiger partial charge in [0.1, 0.15) is 0 Å². The Balaban J connectivity index is 2.69. The summed E-state index contributed by atoms with van der Waals surface area (Å²) in [4.78, 5) is 0. The van der Waals surface area contributed by atoms with E-state index in [4.69, 9.17) is 10.5 Å². The number of aryl methyl sites for hydroxylation is 1. The fraction of sp³-hybridized carbons (Fsp3) is 0.400. The van der Waals surface area contributed by atoms with Crippen molar-refractivity contribution in [1.29, 1.82) is 0 Å². The lowest BCUT2D eigenvalue weighted by Crippen LogP contribution is -1.97. The van der Waals surface area contributed by atoms with Crippen LogP contribution in [0.2, 0.25) is 0 Å². The zero-order chi connectivity index (χ0) is 8.72. The number of nitrogens with two attached hydrogens (primary N) is 1. The summed E-state index contributed by atoms with van der Waals surface area (Å²) in [5.74, 6) is 0. The lowest BCUT2D eigenvalue weighted by atomic mass is 9.98. The van der Waals surface area contributed by atoms with E-state index in [0.29, 0.717) is 0 Å². The van der Waals surface area contributed by atoms with Crippen LogP contribution in [0, 0.1) is 13.8 Å². The maximum Gasteiger partial charge on any atom is 0.0728 e. The molecule has 1 aromatic carbocycles. The SMILES string of the molecule is Cc1cc(N)c(C)c2c1COC2. The van der Waals surface area contributed by atoms with E-state index < -0.39 is 0 Å². The fourth-order valence-electron chi connectivity index (χ4n) is 1.72. The molecule has 0 bridgehead atoms. The van der Waals surface area contributed by atoms with Gasteiger partial charge in [0.2, 0.25) is 0 Å². The lowest BCUT2D eigenvalue weighted by molar-refractivity contribution is 0.134. The van der Waals surface area contributed by atoms with E-state index in [0.717, 1.165) is 18.9 Å². The van der Waals surface area contributed by atoms with Crippen molar-refractivity contribution in [3.05, 3.63) is 28.3 Å².